The first-order valence-electron chi connectivity index (χ1n) is 1.93. The molecule has 0 unspecified atom stereocenters. The minimum Gasteiger partial charge on any atom is -0.210 e. The van der Waals surface area contributed by atoms with Crippen LogP contribution in [0, 0.1) is 6.92 Å². The summed E-state index contributed by atoms with van der Waals surface area (Å²) in [5.74, 6) is 0. The molecule has 0 spiro atoms. The molecule has 4 heteroatoms. The zero-order valence-electron chi connectivity index (χ0n) is 4.00. The van der Waals surface area contributed by atoms with E-state index in [-0.39, 0.29) is 0 Å². The first-order chi connectivity index (χ1) is 3.42. The molecule has 0 aliphatic heterocycles. The van der Waals surface area contributed by atoms with E-state index < -0.39 is 17.2 Å². The van der Waals surface area contributed by atoms with E-state index in [0.717, 1.165) is 0 Å². The zero-order valence-corrected chi connectivity index (χ0v) is 5.52. The lowest BCUT2D eigenvalue weighted by molar-refractivity contribution is 0.136. The van der Waals surface area contributed by atoms with Gasteiger partial charge in [-0.3, -0.25) is 0 Å². The number of halogens is 4. The molecule has 0 aliphatic carbocycles. The summed E-state index contributed by atoms with van der Waals surface area (Å²) in [6.45, 7) is 3.06. The average Bonchev–Trinajstić information content (AvgIpc) is 1.21. The summed E-state index contributed by atoms with van der Waals surface area (Å²) in [6.07, 6.45) is -3.07. The quantitative estimate of drug-likeness (QED) is 0.547. The van der Waals surface area contributed by atoms with Gasteiger partial charge in [0, 0.05) is 6.42 Å². The van der Waals surface area contributed by atoms with Gasteiger partial charge < -0.3 is 0 Å². The topological polar surface area (TPSA) is 0 Å². The maximum atomic E-state index is 11.3. The van der Waals surface area contributed by atoms with Crippen molar-refractivity contribution < 1.29 is 8.78 Å². The van der Waals surface area contributed by atoms with Crippen LogP contribution in [-0.2, 0) is 0 Å². The van der Waals surface area contributed by atoms with E-state index in [1.165, 1.54) is 0 Å². The molecule has 0 saturated carbocycles. The van der Waals surface area contributed by atoms with Crippen molar-refractivity contribution in [1.82, 2.24) is 0 Å². The minimum absolute atomic E-state index is 0.587. The smallest absolute Gasteiger partial charge is 0.210 e. The predicted molar refractivity (Wildman–Crippen MR) is 30.4 cm³/mol. The molecule has 0 aromatic rings. The molecule has 0 heterocycles. The molecule has 0 atom stereocenters. The summed E-state index contributed by atoms with van der Waals surface area (Å²) in [4.78, 5) is 0. The molecule has 1 radical (unpaired) electrons. The highest BCUT2D eigenvalue weighted by atomic mass is 35.5. The molecule has 49 valence electrons. The normalized spacial score (nSPS) is 12.8. The number of hydrogen-bond donors (Lipinski definition) is 0. The summed E-state index contributed by atoms with van der Waals surface area (Å²) in [7, 11) is 0. The lowest BCUT2D eigenvalue weighted by Crippen LogP contribution is -2.11. The highest BCUT2D eigenvalue weighted by Crippen LogP contribution is 2.26. The Labute approximate surface area is 56.8 Å². The molecule has 0 bridgehead atoms. The van der Waals surface area contributed by atoms with E-state index in [0.29, 0.717) is 0 Å². The lowest BCUT2D eigenvalue weighted by Gasteiger charge is -2.10. The van der Waals surface area contributed by atoms with E-state index in [9.17, 15) is 8.78 Å². The van der Waals surface area contributed by atoms with E-state index >= 15 is 0 Å². The Morgan fingerprint density at radius 2 is 1.88 bits per heavy atom. The summed E-state index contributed by atoms with van der Waals surface area (Å²) in [6, 6.07) is 0. The lowest BCUT2D eigenvalue weighted by atomic mass is 10.3. The van der Waals surface area contributed by atoms with Gasteiger partial charge in [-0.1, -0.05) is 0 Å². The number of hydrogen-bond acceptors (Lipinski definition) is 0. The van der Waals surface area contributed by atoms with Gasteiger partial charge in [0.2, 0.25) is 6.43 Å². The van der Waals surface area contributed by atoms with E-state index in [2.05, 4.69) is 6.92 Å². The molecule has 0 aromatic carbocycles. The molecule has 0 rings (SSSR count). The van der Waals surface area contributed by atoms with Crippen molar-refractivity contribution in [3.05, 3.63) is 6.92 Å². The number of rotatable bonds is 2. The summed E-state index contributed by atoms with van der Waals surface area (Å²) >= 11 is 10.2. The molecular formula is C4H5Cl2F2. The second-order valence-corrected chi connectivity index (χ2v) is 3.09. The minimum atomic E-state index is -2.48. The Morgan fingerprint density at radius 1 is 1.50 bits per heavy atom. The van der Waals surface area contributed by atoms with Crippen LogP contribution in [0.3, 0.4) is 0 Å². The fraction of sp³-hybridized carbons (Fsp3) is 0.750. The van der Waals surface area contributed by atoms with Crippen LogP contribution < -0.4 is 0 Å². The van der Waals surface area contributed by atoms with Gasteiger partial charge in [-0.15, -0.1) is 23.2 Å². The molecule has 0 nitrogen and oxygen atoms in total. The Hall–Kier alpha value is 0.440. The van der Waals surface area contributed by atoms with Gasteiger partial charge in [0.1, 0.15) is 4.33 Å². The third kappa shape index (κ3) is 6.44. The van der Waals surface area contributed by atoms with Crippen LogP contribution in [0.2, 0.25) is 0 Å². The Kier molecular flexibility index (Phi) is 2.99. The third-order valence-corrected chi connectivity index (χ3v) is 0.762. The van der Waals surface area contributed by atoms with E-state index in [1.54, 1.807) is 0 Å². The van der Waals surface area contributed by atoms with Crippen molar-refractivity contribution in [1.29, 1.82) is 0 Å². The highest BCUT2D eigenvalue weighted by molar-refractivity contribution is 6.49. The van der Waals surface area contributed by atoms with Gasteiger partial charge in [0.15, 0.2) is 0 Å². The van der Waals surface area contributed by atoms with Crippen molar-refractivity contribution in [3.8, 4) is 0 Å². The average molecular weight is 162 g/mol. The van der Waals surface area contributed by atoms with E-state index in [1.807, 2.05) is 0 Å². The zero-order chi connectivity index (χ0) is 6.78. The van der Waals surface area contributed by atoms with Crippen LogP contribution >= 0.6 is 23.2 Å². The molecule has 0 N–H and O–H groups in total. The fourth-order valence-electron chi connectivity index (χ4n) is 0.226. The Bertz CT molecular complexity index is 66.9. The second-order valence-electron chi connectivity index (χ2n) is 1.45. The fourth-order valence-corrected chi connectivity index (χ4v) is 0.459. The molecule has 0 saturated heterocycles. The van der Waals surface area contributed by atoms with Gasteiger partial charge in [0.25, 0.3) is 0 Å². The van der Waals surface area contributed by atoms with Gasteiger partial charge in [-0.25, -0.2) is 8.78 Å². The third-order valence-electron chi connectivity index (χ3n) is 0.453. The molecule has 0 aliphatic rings. The van der Waals surface area contributed by atoms with Crippen molar-refractivity contribution in [2.75, 3.05) is 0 Å². The molecule has 0 fully saturated rings. The Morgan fingerprint density at radius 3 is 1.88 bits per heavy atom. The molecular weight excluding hydrogens is 157 g/mol. The van der Waals surface area contributed by atoms with Crippen molar-refractivity contribution in [2.24, 2.45) is 0 Å². The maximum Gasteiger partial charge on any atom is 0.241 e. The van der Waals surface area contributed by atoms with Gasteiger partial charge >= 0.3 is 0 Å². The van der Waals surface area contributed by atoms with Crippen LogP contribution in [-0.4, -0.2) is 10.8 Å². The summed E-state index contributed by atoms with van der Waals surface area (Å²) < 4.78 is 21.1. The standard InChI is InChI=1S/C4H5Cl2F2/c1-4(5,6)2-3(7)8/h3H,1-2H2. The first-order valence-corrected chi connectivity index (χ1v) is 2.69. The maximum absolute atomic E-state index is 11.3. The predicted octanol–water partition coefficient (Wildman–Crippen LogP) is 2.65. The van der Waals surface area contributed by atoms with E-state index in [4.69, 9.17) is 23.2 Å². The summed E-state index contributed by atoms with van der Waals surface area (Å²) in [5, 5.41) is 0. The number of alkyl halides is 4. The highest BCUT2D eigenvalue weighted by Gasteiger charge is 2.21. The van der Waals surface area contributed by atoms with Gasteiger partial charge in [-0.2, -0.15) is 0 Å². The SMILES string of the molecule is [CH2]C(Cl)(Cl)CC(F)F. The van der Waals surface area contributed by atoms with Crippen LogP contribution in [0.5, 0.6) is 0 Å². The first kappa shape index (κ1) is 8.44. The van der Waals surface area contributed by atoms with Crippen molar-refractivity contribution in [2.45, 2.75) is 17.2 Å². The van der Waals surface area contributed by atoms with Crippen molar-refractivity contribution >= 4 is 23.2 Å². The Balaban J connectivity index is 3.39. The van der Waals surface area contributed by atoms with Gasteiger partial charge in [-0.05, 0) is 6.92 Å². The van der Waals surface area contributed by atoms with Crippen LogP contribution in [0.25, 0.3) is 0 Å². The molecule has 0 aromatic heterocycles. The molecule has 8 heavy (non-hydrogen) atoms. The van der Waals surface area contributed by atoms with Crippen LogP contribution in [0.4, 0.5) is 8.78 Å². The molecule has 0 amide bonds. The van der Waals surface area contributed by atoms with Gasteiger partial charge in [0.05, 0.1) is 0 Å². The summed E-state index contributed by atoms with van der Waals surface area (Å²) in [5.41, 5.74) is 0. The van der Waals surface area contributed by atoms with Crippen LogP contribution in [0.15, 0.2) is 0 Å². The second kappa shape index (κ2) is 2.83. The monoisotopic (exact) mass is 161 g/mol. The van der Waals surface area contributed by atoms with Crippen LogP contribution in [0.1, 0.15) is 6.42 Å². The largest absolute Gasteiger partial charge is 0.241 e. The van der Waals surface area contributed by atoms with Crippen molar-refractivity contribution in [3.63, 3.8) is 0 Å².